The molecule has 0 bridgehead atoms. The quantitative estimate of drug-likeness (QED) is 0.714. The summed E-state index contributed by atoms with van der Waals surface area (Å²) < 4.78 is 0. The smallest absolute Gasteiger partial charge is 0.221 e. The predicted octanol–water partition coefficient (Wildman–Crippen LogP) is 1.83. The van der Waals surface area contributed by atoms with E-state index in [1.807, 2.05) is 24.3 Å². The number of anilines is 1. The van der Waals surface area contributed by atoms with Gasteiger partial charge < -0.3 is 11.1 Å². The second-order valence-corrected chi connectivity index (χ2v) is 3.07. The molecule has 3 N–H and O–H groups in total. The third-order valence-corrected chi connectivity index (χ3v) is 1.85. The van der Waals surface area contributed by atoms with Crippen molar-refractivity contribution in [3.63, 3.8) is 0 Å². The molecule has 3 nitrogen and oxygen atoms in total. The van der Waals surface area contributed by atoms with Crippen LogP contribution >= 0.6 is 0 Å². The van der Waals surface area contributed by atoms with Crippen LogP contribution in [0.25, 0.3) is 0 Å². The number of carbonyl (C=O) groups excluding carboxylic acids is 1. The molecule has 0 saturated heterocycles. The van der Waals surface area contributed by atoms with Gasteiger partial charge in [-0.15, -0.1) is 6.58 Å². The summed E-state index contributed by atoms with van der Waals surface area (Å²) >= 11 is 0. The number of hydrogen-bond acceptors (Lipinski definition) is 2. The van der Waals surface area contributed by atoms with Gasteiger partial charge in [-0.1, -0.05) is 18.2 Å². The monoisotopic (exact) mass is 190 g/mol. The third-order valence-electron chi connectivity index (χ3n) is 1.85. The second kappa shape index (κ2) is 4.58. The molecule has 3 heteroatoms. The highest BCUT2D eigenvalue weighted by molar-refractivity contribution is 5.88. The van der Waals surface area contributed by atoms with E-state index in [1.165, 1.54) is 6.92 Å². The standard InChI is InChI=1S/C11H14N2O/c1-3-11(12)9-5-4-6-10(7-9)13-8(2)14/h3-7,11H,1,12H2,2H3,(H,13,14). The highest BCUT2D eigenvalue weighted by Gasteiger charge is 2.02. The fourth-order valence-electron chi connectivity index (χ4n) is 1.16. The molecule has 14 heavy (non-hydrogen) atoms. The lowest BCUT2D eigenvalue weighted by Crippen LogP contribution is -2.09. The highest BCUT2D eigenvalue weighted by Crippen LogP contribution is 2.16. The van der Waals surface area contributed by atoms with Crippen LogP contribution in [0.5, 0.6) is 0 Å². The van der Waals surface area contributed by atoms with Gasteiger partial charge in [-0.2, -0.15) is 0 Å². The average Bonchev–Trinajstić information content (AvgIpc) is 2.16. The molecule has 1 aromatic rings. The first-order valence-electron chi connectivity index (χ1n) is 4.39. The maximum absolute atomic E-state index is 10.8. The maximum atomic E-state index is 10.8. The largest absolute Gasteiger partial charge is 0.326 e. The van der Waals surface area contributed by atoms with Gasteiger partial charge in [-0.25, -0.2) is 0 Å². The van der Waals surface area contributed by atoms with Crippen LogP contribution in [-0.2, 0) is 4.79 Å². The average molecular weight is 190 g/mol. The van der Waals surface area contributed by atoms with Crippen molar-refractivity contribution in [2.24, 2.45) is 5.73 Å². The normalized spacial score (nSPS) is 11.9. The van der Waals surface area contributed by atoms with E-state index in [-0.39, 0.29) is 11.9 Å². The predicted molar refractivity (Wildman–Crippen MR) is 57.9 cm³/mol. The Bertz CT molecular complexity index is 347. The minimum Gasteiger partial charge on any atom is -0.326 e. The minimum absolute atomic E-state index is 0.0886. The van der Waals surface area contributed by atoms with Crippen molar-refractivity contribution in [1.82, 2.24) is 0 Å². The molecular formula is C11H14N2O. The van der Waals surface area contributed by atoms with Gasteiger partial charge in [0.05, 0.1) is 0 Å². The first-order chi connectivity index (χ1) is 6.63. The number of rotatable bonds is 3. The maximum Gasteiger partial charge on any atom is 0.221 e. The van der Waals surface area contributed by atoms with E-state index in [2.05, 4.69) is 11.9 Å². The Morgan fingerprint density at radius 3 is 2.93 bits per heavy atom. The number of amides is 1. The third kappa shape index (κ3) is 2.71. The molecule has 0 radical (unpaired) electrons. The molecule has 74 valence electrons. The summed E-state index contributed by atoms with van der Waals surface area (Å²) in [6.07, 6.45) is 1.66. The lowest BCUT2D eigenvalue weighted by Gasteiger charge is -2.08. The van der Waals surface area contributed by atoms with Crippen molar-refractivity contribution in [2.75, 3.05) is 5.32 Å². The lowest BCUT2D eigenvalue weighted by atomic mass is 10.1. The van der Waals surface area contributed by atoms with Crippen molar-refractivity contribution in [2.45, 2.75) is 13.0 Å². The van der Waals surface area contributed by atoms with E-state index in [4.69, 9.17) is 5.73 Å². The van der Waals surface area contributed by atoms with Crippen molar-refractivity contribution in [3.05, 3.63) is 42.5 Å². The van der Waals surface area contributed by atoms with Crippen LogP contribution in [0.3, 0.4) is 0 Å². The first kappa shape index (κ1) is 10.5. The van der Waals surface area contributed by atoms with Gasteiger partial charge in [0.1, 0.15) is 0 Å². The zero-order valence-corrected chi connectivity index (χ0v) is 8.16. The Hall–Kier alpha value is -1.61. The number of benzene rings is 1. The zero-order valence-electron chi connectivity index (χ0n) is 8.16. The molecule has 1 unspecified atom stereocenters. The van der Waals surface area contributed by atoms with Gasteiger partial charge >= 0.3 is 0 Å². The van der Waals surface area contributed by atoms with Crippen LogP contribution in [-0.4, -0.2) is 5.91 Å². The van der Waals surface area contributed by atoms with Crippen LogP contribution < -0.4 is 11.1 Å². The Labute approximate surface area is 83.6 Å². The van der Waals surface area contributed by atoms with Gasteiger partial charge in [0.15, 0.2) is 0 Å². The van der Waals surface area contributed by atoms with Gasteiger partial charge in [0.25, 0.3) is 0 Å². The summed E-state index contributed by atoms with van der Waals surface area (Å²) in [5.41, 5.74) is 7.46. The Balaban J connectivity index is 2.88. The van der Waals surface area contributed by atoms with Gasteiger partial charge in [-0.05, 0) is 17.7 Å². The lowest BCUT2D eigenvalue weighted by molar-refractivity contribution is -0.114. The first-order valence-corrected chi connectivity index (χ1v) is 4.39. The van der Waals surface area contributed by atoms with Crippen LogP contribution in [0.1, 0.15) is 18.5 Å². The van der Waals surface area contributed by atoms with Crippen molar-refractivity contribution >= 4 is 11.6 Å². The van der Waals surface area contributed by atoms with E-state index < -0.39 is 0 Å². The Kier molecular flexibility index (Phi) is 3.42. The van der Waals surface area contributed by atoms with Crippen LogP contribution in [0.2, 0.25) is 0 Å². The van der Waals surface area contributed by atoms with Gasteiger partial charge in [0, 0.05) is 18.7 Å². The van der Waals surface area contributed by atoms with Crippen LogP contribution in [0.15, 0.2) is 36.9 Å². The molecule has 0 heterocycles. The molecule has 1 atom stereocenters. The SMILES string of the molecule is C=CC(N)c1cccc(NC(C)=O)c1. The molecule has 0 spiro atoms. The second-order valence-electron chi connectivity index (χ2n) is 3.07. The van der Waals surface area contributed by atoms with Crippen molar-refractivity contribution in [3.8, 4) is 0 Å². The molecule has 1 aromatic carbocycles. The summed E-state index contributed by atoms with van der Waals surface area (Å²) in [4.78, 5) is 10.8. The van der Waals surface area contributed by atoms with Crippen molar-refractivity contribution in [1.29, 1.82) is 0 Å². The molecule has 0 aliphatic heterocycles. The number of hydrogen-bond donors (Lipinski definition) is 2. The molecule has 0 aliphatic rings. The summed E-state index contributed by atoms with van der Waals surface area (Å²) in [6, 6.07) is 7.22. The number of nitrogens with one attached hydrogen (secondary N) is 1. The van der Waals surface area contributed by atoms with E-state index in [0.29, 0.717) is 0 Å². The minimum atomic E-state index is -0.191. The summed E-state index contributed by atoms with van der Waals surface area (Å²) in [7, 11) is 0. The number of nitrogens with two attached hydrogens (primary N) is 1. The molecule has 0 saturated carbocycles. The molecule has 0 aromatic heterocycles. The summed E-state index contributed by atoms with van der Waals surface area (Å²) in [5, 5.41) is 2.70. The molecule has 1 rings (SSSR count). The molecule has 0 aliphatic carbocycles. The van der Waals surface area contributed by atoms with Gasteiger partial charge in [0.2, 0.25) is 5.91 Å². The fourth-order valence-corrected chi connectivity index (χ4v) is 1.16. The Morgan fingerprint density at radius 2 is 2.36 bits per heavy atom. The highest BCUT2D eigenvalue weighted by atomic mass is 16.1. The van der Waals surface area contributed by atoms with E-state index in [0.717, 1.165) is 11.3 Å². The van der Waals surface area contributed by atoms with E-state index in [1.54, 1.807) is 6.08 Å². The van der Waals surface area contributed by atoms with Crippen LogP contribution in [0.4, 0.5) is 5.69 Å². The zero-order chi connectivity index (χ0) is 10.6. The fraction of sp³-hybridized carbons (Fsp3) is 0.182. The van der Waals surface area contributed by atoms with Crippen LogP contribution in [0, 0.1) is 0 Å². The molecule has 0 fully saturated rings. The molecule has 1 amide bonds. The summed E-state index contributed by atoms with van der Waals surface area (Å²) in [5.74, 6) is -0.0886. The molecular weight excluding hydrogens is 176 g/mol. The Morgan fingerprint density at radius 1 is 1.64 bits per heavy atom. The number of carbonyl (C=O) groups is 1. The summed E-state index contributed by atoms with van der Waals surface area (Å²) in [6.45, 7) is 5.09. The topological polar surface area (TPSA) is 55.1 Å². The van der Waals surface area contributed by atoms with Crippen molar-refractivity contribution < 1.29 is 4.79 Å². The van der Waals surface area contributed by atoms with E-state index in [9.17, 15) is 4.79 Å². The van der Waals surface area contributed by atoms with E-state index >= 15 is 0 Å². The van der Waals surface area contributed by atoms with Gasteiger partial charge in [-0.3, -0.25) is 4.79 Å².